The van der Waals surface area contributed by atoms with Crippen molar-refractivity contribution in [2.24, 2.45) is 5.92 Å². The number of rotatable bonds is 5. The molecule has 1 aromatic heterocycles. The van der Waals surface area contributed by atoms with Crippen LogP contribution in [0.1, 0.15) is 37.9 Å². The topological polar surface area (TPSA) is 48.0 Å². The second-order valence-corrected chi connectivity index (χ2v) is 6.60. The Labute approximate surface area is 126 Å². The number of fused-ring (bicyclic) bond motifs is 3. The summed E-state index contributed by atoms with van der Waals surface area (Å²) in [6, 6.07) is 9.54. The van der Waals surface area contributed by atoms with Gasteiger partial charge < -0.3 is 15.4 Å². The van der Waals surface area contributed by atoms with Crippen molar-refractivity contribution >= 4 is 10.9 Å². The number of aryl methyl sites for hydroxylation is 1. The zero-order valence-corrected chi connectivity index (χ0v) is 13.0. The molecular formula is C18H26N2O. The zero-order chi connectivity index (χ0) is 14.8. The molecule has 0 bridgehead atoms. The Balaban J connectivity index is 1.77. The minimum absolute atomic E-state index is 0.265. The predicted octanol–water partition coefficient (Wildman–Crippen LogP) is 3.02. The van der Waals surface area contributed by atoms with E-state index in [1.165, 1.54) is 28.6 Å². The van der Waals surface area contributed by atoms with Gasteiger partial charge in [-0.15, -0.1) is 0 Å². The van der Waals surface area contributed by atoms with Crippen LogP contribution in [0, 0.1) is 5.92 Å². The van der Waals surface area contributed by atoms with Crippen LogP contribution in [0.3, 0.4) is 0 Å². The number of aliphatic hydroxyl groups excluding tert-OH is 1. The van der Waals surface area contributed by atoms with Gasteiger partial charge in [0, 0.05) is 35.3 Å². The summed E-state index contributed by atoms with van der Waals surface area (Å²) in [4.78, 5) is 3.57. The molecule has 0 saturated carbocycles. The zero-order valence-electron chi connectivity index (χ0n) is 13.0. The molecule has 0 amide bonds. The van der Waals surface area contributed by atoms with Gasteiger partial charge >= 0.3 is 0 Å². The van der Waals surface area contributed by atoms with E-state index >= 15 is 0 Å². The second kappa shape index (κ2) is 6.20. The number of nitrogens with one attached hydrogen (secondary N) is 2. The molecule has 21 heavy (non-hydrogen) atoms. The Morgan fingerprint density at radius 2 is 2.14 bits per heavy atom. The van der Waals surface area contributed by atoms with E-state index in [0.717, 1.165) is 19.3 Å². The van der Waals surface area contributed by atoms with Crippen molar-refractivity contribution in [3.8, 4) is 0 Å². The third-order valence-electron chi connectivity index (χ3n) is 4.79. The Morgan fingerprint density at radius 3 is 2.90 bits per heavy atom. The highest BCUT2D eigenvalue weighted by Crippen LogP contribution is 2.29. The minimum Gasteiger partial charge on any atom is -0.396 e. The average molecular weight is 286 g/mol. The van der Waals surface area contributed by atoms with Crippen molar-refractivity contribution in [2.75, 3.05) is 6.61 Å². The van der Waals surface area contributed by atoms with Gasteiger partial charge in [0.2, 0.25) is 0 Å². The number of benzene rings is 1. The lowest BCUT2D eigenvalue weighted by Crippen LogP contribution is -2.44. The molecule has 3 nitrogen and oxygen atoms in total. The monoisotopic (exact) mass is 286 g/mol. The Morgan fingerprint density at radius 1 is 1.33 bits per heavy atom. The first-order valence-electron chi connectivity index (χ1n) is 8.14. The number of aliphatic hydroxyl groups is 1. The highest BCUT2D eigenvalue weighted by Gasteiger charge is 2.25. The maximum atomic E-state index is 9.24. The third-order valence-corrected chi connectivity index (χ3v) is 4.79. The van der Waals surface area contributed by atoms with Gasteiger partial charge in [0.05, 0.1) is 0 Å². The number of hydrogen-bond acceptors (Lipinski definition) is 2. The summed E-state index contributed by atoms with van der Waals surface area (Å²) in [6.45, 7) is 4.72. The standard InChI is InChI=1S/C18H26N2O/c1-12(2)16(9-10-21)19-13-7-8-18-15(11-13)14-5-3-4-6-17(14)20-18/h3-6,12-13,16,19-21H,7-11H2,1-2H3. The van der Waals surface area contributed by atoms with E-state index in [1.807, 2.05) is 0 Å². The molecular weight excluding hydrogens is 260 g/mol. The summed E-state index contributed by atoms with van der Waals surface area (Å²) >= 11 is 0. The lowest BCUT2D eigenvalue weighted by Gasteiger charge is -2.30. The van der Waals surface area contributed by atoms with E-state index in [0.29, 0.717) is 18.0 Å². The van der Waals surface area contributed by atoms with Gasteiger partial charge in [-0.25, -0.2) is 0 Å². The van der Waals surface area contributed by atoms with Crippen LogP contribution in [-0.2, 0) is 12.8 Å². The Hall–Kier alpha value is -1.32. The van der Waals surface area contributed by atoms with Crippen molar-refractivity contribution in [1.29, 1.82) is 0 Å². The van der Waals surface area contributed by atoms with E-state index in [9.17, 15) is 5.11 Å². The molecule has 1 aliphatic carbocycles. The summed E-state index contributed by atoms with van der Waals surface area (Å²) < 4.78 is 0. The molecule has 2 aromatic rings. The SMILES string of the molecule is CC(C)C(CCO)NC1CCc2[nH]c3ccccc3c2C1. The normalized spacial score (nSPS) is 19.9. The van der Waals surface area contributed by atoms with Crippen molar-refractivity contribution in [2.45, 2.75) is 51.6 Å². The van der Waals surface area contributed by atoms with Crippen molar-refractivity contribution in [1.82, 2.24) is 10.3 Å². The fraction of sp³-hybridized carbons (Fsp3) is 0.556. The van der Waals surface area contributed by atoms with E-state index < -0.39 is 0 Å². The molecule has 1 heterocycles. The first-order valence-corrected chi connectivity index (χ1v) is 8.14. The number of hydrogen-bond donors (Lipinski definition) is 3. The quantitative estimate of drug-likeness (QED) is 0.791. The summed E-state index contributed by atoms with van der Waals surface area (Å²) in [5, 5.41) is 14.4. The first kappa shape index (κ1) is 14.6. The number of para-hydroxylation sites is 1. The highest BCUT2D eigenvalue weighted by atomic mass is 16.3. The predicted molar refractivity (Wildman–Crippen MR) is 87.6 cm³/mol. The van der Waals surface area contributed by atoms with E-state index in [-0.39, 0.29) is 6.61 Å². The molecule has 114 valence electrons. The van der Waals surface area contributed by atoms with Gasteiger partial charge in [0.1, 0.15) is 0 Å². The molecule has 0 fully saturated rings. The van der Waals surface area contributed by atoms with Gasteiger partial charge in [0.15, 0.2) is 0 Å². The van der Waals surface area contributed by atoms with Crippen LogP contribution in [0.4, 0.5) is 0 Å². The largest absolute Gasteiger partial charge is 0.396 e. The van der Waals surface area contributed by atoms with E-state index in [2.05, 4.69) is 48.4 Å². The maximum Gasteiger partial charge on any atom is 0.0458 e. The van der Waals surface area contributed by atoms with Gasteiger partial charge in [0.25, 0.3) is 0 Å². The molecule has 3 N–H and O–H groups in total. The Kier molecular flexibility index (Phi) is 4.32. The molecule has 2 unspecified atom stereocenters. The molecule has 3 heteroatoms. The van der Waals surface area contributed by atoms with Crippen molar-refractivity contribution < 1.29 is 5.11 Å². The fourth-order valence-electron chi connectivity index (χ4n) is 3.56. The lowest BCUT2D eigenvalue weighted by atomic mass is 9.89. The summed E-state index contributed by atoms with van der Waals surface area (Å²) in [6.07, 6.45) is 4.23. The third kappa shape index (κ3) is 2.99. The number of H-pyrrole nitrogens is 1. The summed E-state index contributed by atoms with van der Waals surface area (Å²) in [7, 11) is 0. The number of aromatic amines is 1. The highest BCUT2D eigenvalue weighted by molar-refractivity contribution is 5.84. The molecule has 0 aliphatic heterocycles. The van der Waals surface area contributed by atoms with Crippen molar-refractivity contribution in [3.05, 3.63) is 35.5 Å². The fourth-order valence-corrected chi connectivity index (χ4v) is 3.56. The van der Waals surface area contributed by atoms with Gasteiger partial charge in [-0.1, -0.05) is 32.0 Å². The maximum absolute atomic E-state index is 9.24. The first-order chi connectivity index (χ1) is 10.2. The van der Waals surface area contributed by atoms with Crippen LogP contribution in [0.25, 0.3) is 10.9 Å². The van der Waals surface area contributed by atoms with Gasteiger partial charge in [-0.05, 0) is 43.2 Å². The van der Waals surface area contributed by atoms with E-state index in [4.69, 9.17) is 0 Å². The van der Waals surface area contributed by atoms with Gasteiger partial charge in [-0.3, -0.25) is 0 Å². The minimum atomic E-state index is 0.265. The molecule has 0 saturated heterocycles. The van der Waals surface area contributed by atoms with Crippen LogP contribution in [0.2, 0.25) is 0 Å². The Bertz CT molecular complexity index is 602. The molecule has 3 rings (SSSR count). The van der Waals surface area contributed by atoms with Crippen LogP contribution in [0.5, 0.6) is 0 Å². The van der Waals surface area contributed by atoms with Crippen LogP contribution >= 0.6 is 0 Å². The molecule has 2 atom stereocenters. The summed E-state index contributed by atoms with van der Waals surface area (Å²) in [5.41, 5.74) is 4.16. The van der Waals surface area contributed by atoms with Crippen molar-refractivity contribution in [3.63, 3.8) is 0 Å². The molecule has 0 radical (unpaired) electrons. The van der Waals surface area contributed by atoms with Crippen LogP contribution in [0.15, 0.2) is 24.3 Å². The molecule has 1 aliphatic rings. The van der Waals surface area contributed by atoms with E-state index in [1.54, 1.807) is 0 Å². The smallest absolute Gasteiger partial charge is 0.0458 e. The summed E-state index contributed by atoms with van der Waals surface area (Å²) in [5.74, 6) is 0.557. The average Bonchev–Trinajstić information content (AvgIpc) is 2.85. The number of aromatic nitrogens is 1. The van der Waals surface area contributed by atoms with Crippen LogP contribution in [-0.4, -0.2) is 28.8 Å². The molecule has 0 spiro atoms. The second-order valence-electron chi connectivity index (χ2n) is 6.60. The molecule has 1 aromatic carbocycles. The lowest BCUT2D eigenvalue weighted by molar-refractivity contribution is 0.230. The van der Waals surface area contributed by atoms with Crippen LogP contribution < -0.4 is 5.32 Å². The van der Waals surface area contributed by atoms with Gasteiger partial charge in [-0.2, -0.15) is 0 Å².